The number of hydrogen-bond donors (Lipinski definition) is 2. The van der Waals surface area contributed by atoms with E-state index in [2.05, 4.69) is 5.32 Å². The third-order valence-corrected chi connectivity index (χ3v) is 4.10. The summed E-state index contributed by atoms with van der Waals surface area (Å²) in [6.45, 7) is 4.30. The lowest BCUT2D eigenvalue weighted by molar-refractivity contribution is -0.144. The Morgan fingerprint density at radius 3 is 2.28 bits per heavy atom. The molecule has 2 rings (SSSR count). The van der Waals surface area contributed by atoms with Gasteiger partial charge in [-0.1, -0.05) is 37.3 Å². The molecule has 5 heteroatoms. The highest BCUT2D eigenvalue weighted by Crippen LogP contribution is 2.27. The van der Waals surface area contributed by atoms with Gasteiger partial charge in [0.2, 0.25) is 5.91 Å². The van der Waals surface area contributed by atoms with Gasteiger partial charge in [-0.15, -0.1) is 0 Å². The number of carboxylic acid groups (broad SMARTS) is 1. The van der Waals surface area contributed by atoms with Crippen molar-refractivity contribution in [1.82, 2.24) is 0 Å². The van der Waals surface area contributed by atoms with E-state index in [-0.39, 0.29) is 18.2 Å². The predicted octanol–water partition coefficient (Wildman–Crippen LogP) is 3.92. The quantitative estimate of drug-likeness (QED) is 0.763. The van der Waals surface area contributed by atoms with E-state index in [1.54, 1.807) is 24.3 Å². The lowest BCUT2D eigenvalue weighted by Gasteiger charge is -2.20. The topological polar surface area (TPSA) is 75.6 Å². The van der Waals surface area contributed by atoms with Crippen molar-refractivity contribution >= 4 is 17.6 Å². The molecule has 0 radical (unpaired) electrons. The summed E-state index contributed by atoms with van der Waals surface area (Å²) in [5.74, 6) is -1.62. The van der Waals surface area contributed by atoms with E-state index in [1.165, 1.54) is 0 Å². The van der Waals surface area contributed by atoms with Crippen molar-refractivity contribution in [3.8, 4) is 5.75 Å². The maximum absolute atomic E-state index is 12.3. The molecule has 2 N–H and O–H groups in total. The highest BCUT2D eigenvalue weighted by Gasteiger charge is 2.28. The number of carbonyl (C=O) groups is 2. The Morgan fingerprint density at radius 2 is 1.72 bits per heavy atom. The van der Waals surface area contributed by atoms with E-state index in [1.807, 2.05) is 44.2 Å². The van der Waals surface area contributed by atoms with Gasteiger partial charge in [0, 0.05) is 12.1 Å². The van der Waals surface area contributed by atoms with E-state index < -0.39 is 11.9 Å². The second-order valence-corrected chi connectivity index (χ2v) is 5.85. The zero-order chi connectivity index (χ0) is 18.2. The minimum Gasteiger partial charge on any atom is -0.494 e. The first-order chi connectivity index (χ1) is 12.0. The predicted molar refractivity (Wildman–Crippen MR) is 96.8 cm³/mol. The zero-order valence-corrected chi connectivity index (χ0v) is 14.4. The number of amides is 1. The summed E-state index contributed by atoms with van der Waals surface area (Å²) in [6.07, 6.45) is -0.0847. The minimum absolute atomic E-state index is 0.0847. The third-order valence-electron chi connectivity index (χ3n) is 4.10. The Bertz CT molecular complexity index is 697. The minimum atomic E-state index is -0.974. The number of ether oxygens (including phenoxy) is 1. The molecular weight excluding hydrogens is 318 g/mol. The van der Waals surface area contributed by atoms with Crippen molar-refractivity contribution < 1.29 is 19.4 Å². The average molecular weight is 341 g/mol. The summed E-state index contributed by atoms with van der Waals surface area (Å²) < 4.78 is 5.35. The van der Waals surface area contributed by atoms with E-state index in [4.69, 9.17) is 4.74 Å². The number of nitrogens with one attached hydrogen (secondary N) is 1. The molecule has 0 fully saturated rings. The molecule has 132 valence electrons. The Labute approximate surface area is 147 Å². The molecule has 2 unspecified atom stereocenters. The number of anilines is 1. The zero-order valence-electron chi connectivity index (χ0n) is 14.4. The second-order valence-electron chi connectivity index (χ2n) is 5.85. The normalized spacial score (nSPS) is 12.9. The second kappa shape index (κ2) is 8.87. The van der Waals surface area contributed by atoms with Crippen molar-refractivity contribution in [3.05, 3.63) is 60.2 Å². The smallest absolute Gasteiger partial charge is 0.307 e. The Morgan fingerprint density at radius 1 is 1.08 bits per heavy atom. The molecule has 1 amide bonds. The van der Waals surface area contributed by atoms with Gasteiger partial charge < -0.3 is 15.2 Å². The molecular formula is C20H23NO4. The molecule has 25 heavy (non-hydrogen) atoms. The summed E-state index contributed by atoms with van der Waals surface area (Å²) in [5, 5.41) is 12.3. The number of carboxylic acids is 1. The molecule has 5 nitrogen and oxygen atoms in total. The number of hydrogen-bond acceptors (Lipinski definition) is 3. The van der Waals surface area contributed by atoms with Gasteiger partial charge in [-0.05, 0) is 42.7 Å². The van der Waals surface area contributed by atoms with Crippen LogP contribution in [0.3, 0.4) is 0 Å². The molecule has 0 saturated carbocycles. The van der Waals surface area contributed by atoms with Crippen LogP contribution in [-0.4, -0.2) is 23.6 Å². The largest absolute Gasteiger partial charge is 0.494 e. The molecule has 0 spiro atoms. The summed E-state index contributed by atoms with van der Waals surface area (Å²) >= 11 is 0. The van der Waals surface area contributed by atoms with Gasteiger partial charge in [-0.25, -0.2) is 0 Å². The number of benzene rings is 2. The van der Waals surface area contributed by atoms with Gasteiger partial charge >= 0.3 is 5.97 Å². The van der Waals surface area contributed by atoms with E-state index >= 15 is 0 Å². The van der Waals surface area contributed by atoms with Gasteiger partial charge in [0.15, 0.2) is 0 Å². The van der Waals surface area contributed by atoms with Crippen molar-refractivity contribution in [2.75, 3.05) is 11.9 Å². The first kappa shape index (κ1) is 18.5. The van der Waals surface area contributed by atoms with Crippen LogP contribution in [-0.2, 0) is 9.59 Å². The highest BCUT2D eigenvalue weighted by atomic mass is 16.5. The van der Waals surface area contributed by atoms with Crippen LogP contribution >= 0.6 is 0 Å². The fourth-order valence-electron chi connectivity index (χ4n) is 2.68. The van der Waals surface area contributed by atoms with Crippen LogP contribution in [0.15, 0.2) is 54.6 Å². The Hall–Kier alpha value is -2.82. The molecule has 0 saturated heterocycles. The van der Waals surface area contributed by atoms with Crippen LogP contribution in [0.4, 0.5) is 5.69 Å². The molecule has 0 aromatic heterocycles. The van der Waals surface area contributed by atoms with Gasteiger partial charge in [0.1, 0.15) is 5.75 Å². The van der Waals surface area contributed by atoms with Crippen molar-refractivity contribution in [3.63, 3.8) is 0 Å². The molecule has 2 atom stereocenters. The van der Waals surface area contributed by atoms with E-state index in [0.717, 1.165) is 11.3 Å². The lowest BCUT2D eigenvalue weighted by atomic mass is 9.85. The Balaban J connectivity index is 2.01. The van der Waals surface area contributed by atoms with Gasteiger partial charge in [-0.2, -0.15) is 0 Å². The highest BCUT2D eigenvalue weighted by molar-refractivity contribution is 5.93. The first-order valence-electron chi connectivity index (χ1n) is 8.31. The van der Waals surface area contributed by atoms with Crippen molar-refractivity contribution in [1.29, 1.82) is 0 Å². The monoisotopic (exact) mass is 341 g/mol. The van der Waals surface area contributed by atoms with E-state index in [0.29, 0.717) is 12.3 Å². The van der Waals surface area contributed by atoms with Gasteiger partial charge in [0.25, 0.3) is 0 Å². The molecule has 0 heterocycles. The fourth-order valence-corrected chi connectivity index (χ4v) is 2.68. The van der Waals surface area contributed by atoms with Crippen LogP contribution in [0.25, 0.3) is 0 Å². The van der Waals surface area contributed by atoms with E-state index in [9.17, 15) is 14.7 Å². The maximum atomic E-state index is 12.3. The molecule has 2 aromatic rings. The van der Waals surface area contributed by atoms with Gasteiger partial charge in [0.05, 0.1) is 12.5 Å². The van der Waals surface area contributed by atoms with Crippen LogP contribution in [0.2, 0.25) is 0 Å². The van der Waals surface area contributed by atoms with Crippen LogP contribution in [0.5, 0.6) is 5.75 Å². The fraction of sp³-hybridized carbons (Fsp3) is 0.300. The third kappa shape index (κ3) is 5.35. The molecule has 0 aliphatic carbocycles. The standard InChI is InChI=1S/C20H23NO4/c1-3-25-17-11-9-16(10-12-17)21-19(22)13-18(20(23)24)14(2)15-7-5-4-6-8-15/h4-12,14,18H,3,13H2,1-2H3,(H,21,22)(H,23,24). The average Bonchev–Trinajstić information content (AvgIpc) is 2.61. The SMILES string of the molecule is CCOc1ccc(NC(=O)CC(C(=O)O)C(C)c2ccccc2)cc1. The molecule has 0 aliphatic rings. The van der Waals surface area contributed by atoms with Crippen LogP contribution in [0, 0.1) is 5.92 Å². The number of aliphatic carboxylic acids is 1. The van der Waals surface area contributed by atoms with Crippen molar-refractivity contribution in [2.45, 2.75) is 26.2 Å². The molecule has 0 bridgehead atoms. The van der Waals surface area contributed by atoms with Crippen molar-refractivity contribution in [2.24, 2.45) is 5.92 Å². The van der Waals surface area contributed by atoms with Crippen LogP contribution < -0.4 is 10.1 Å². The molecule has 0 aliphatic heterocycles. The van der Waals surface area contributed by atoms with Gasteiger partial charge in [-0.3, -0.25) is 9.59 Å². The number of carbonyl (C=O) groups excluding carboxylic acids is 1. The van der Waals surface area contributed by atoms with Crippen LogP contribution in [0.1, 0.15) is 31.7 Å². The molecule has 2 aromatic carbocycles. The number of rotatable bonds is 8. The summed E-state index contributed by atoms with van der Waals surface area (Å²) in [5.41, 5.74) is 1.52. The summed E-state index contributed by atoms with van der Waals surface area (Å²) in [7, 11) is 0. The summed E-state index contributed by atoms with van der Waals surface area (Å²) in [4.78, 5) is 23.9. The maximum Gasteiger partial charge on any atom is 0.307 e. The summed E-state index contributed by atoms with van der Waals surface area (Å²) in [6, 6.07) is 16.4. The Kier molecular flexibility index (Phi) is 6.57. The lowest BCUT2D eigenvalue weighted by Crippen LogP contribution is -2.26. The first-order valence-corrected chi connectivity index (χ1v) is 8.31.